The number of hydrogen-bond acceptors (Lipinski definition) is 1. The summed E-state index contributed by atoms with van der Waals surface area (Å²) < 4.78 is 0. The van der Waals surface area contributed by atoms with Crippen LogP contribution in [0.25, 0.3) is 21.9 Å². The first-order valence-electron chi connectivity index (χ1n) is 6.73. The number of anilines is 1. The van der Waals surface area contributed by atoms with Gasteiger partial charge in [0, 0.05) is 16.6 Å². The smallest absolute Gasteiger partial charge is 0.130 e. The van der Waals surface area contributed by atoms with Crippen molar-refractivity contribution >= 4 is 22.3 Å². The summed E-state index contributed by atoms with van der Waals surface area (Å²) in [6.07, 6.45) is 0. The number of rotatable bonds is 1. The third kappa shape index (κ3) is 1.48. The van der Waals surface area contributed by atoms with Crippen LogP contribution in [0.4, 0.5) is 5.69 Å². The van der Waals surface area contributed by atoms with Crippen LogP contribution in [-0.4, -0.2) is 5.84 Å². The van der Waals surface area contributed by atoms with Gasteiger partial charge in [0.25, 0.3) is 0 Å². The van der Waals surface area contributed by atoms with E-state index in [0.717, 1.165) is 16.6 Å². The molecule has 0 saturated heterocycles. The summed E-state index contributed by atoms with van der Waals surface area (Å²) in [5.41, 5.74) is 5.74. The summed E-state index contributed by atoms with van der Waals surface area (Å²) in [7, 11) is 0. The molecular weight excluding hydrogens is 244 g/mol. The molecule has 0 aromatic heterocycles. The Bertz CT molecular complexity index is 845. The van der Waals surface area contributed by atoms with E-state index >= 15 is 0 Å². The van der Waals surface area contributed by atoms with Gasteiger partial charge in [0.15, 0.2) is 0 Å². The molecule has 20 heavy (non-hydrogen) atoms. The molecule has 96 valence electrons. The molecule has 4 rings (SSSR count). The Morgan fingerprint density at radius 3 is 2.45 bits per heavy atom. The van der Waals surface area contributed by atoms with Gasteiger partial charge in [-0.3, -0.25) is 5.41 Å². The summed E-state index contributed by atoms with van der Waals surface area (Å²) in [6, 6.07) is 19.0. The van der Waals surface area contributed by atoms with Crippen LogP contribution in [0, 0.1) is 12.3 Å². The highest BCUT2D eigenvalue weighted by Gasteiger charge is 2.19. The van der Waals surface area contributed by atoms with Crippen LogP contribution < -0.4 is 5.32 Å². The minimum Gasteiger partial charge on any atom is -0.340 e. The first-order valence-corrected chi connectivity index (χ1v) is 6.73. The molecule has 0 bridgehead atoms. The van der Waals surface area contributed by atoms with E-state index in [1.165, 1.54) is 22.1 Å². The van der Waals surface area contributed by atoms with Gasteiger partial charge in [-0.15, -0.1) is 0 Å². The topological polar surface area (TPSA) is 35.9 Å². The van der Waals surface area contributed by atoms with Gasteiger partial charge in [-0.2, -0.15) is 0 Å². The van der Waals surface area contributed by atoms with Crippen molar-refractivity contribution < 1.29 is 0 Å². The molecule has 0 amide bonds. The molecule has 0 saturated carbocycles. The normalized spacial score (nSPS) is 12.8. The highest BCUT2D eigenvalue weighted by molar-refractivity contribution is 6.26. The SMILES string of the molecule is Cc1ccc(-c2ccc3c4c(cccc24)C(=N)N3)cc1. The van der Waals surface area contributed by atoms with Gasteiger partial charge in [0.2, 0.25) is 0 Å². The van der Waals surface area contributed by atoms with Gasteiger partial charge in [-0.1, -0.05) is 54.1 Å². The Labute approximate surface area is 117 Å². The summed E-state index contributed by atoms with van der Waals surface area (Å²) in [5, 5.41) is 13.5. The maximum absolute atomic E-state index is 8.01. The van der Waals surface area contributed by atoms with Crippen molar-refractivity contribution in [3.63, 3.8) is 0 Å². The molecule has 1 heterocycles. The van der Waals surface area contributed by atoms with E-state index in [1.54, 1.807) is 0 Å². The predicted molar refractivity (Wildman–Crippen MR) is 84.6 cm³/mol. The number of amidine groups is 1. The quantitative estimate of drug-likeness (QED) is 0.659. The van der Waals surface area contributed by atoms with E-state index in [-0.39, 0.29) is 0 Å². The number of hydrogen-bond donors (Lipinski definition) is 2. The Balaban J connectivity index is 2.05. The van der Waals surface area contributed by atoms with E-state index in [2.05, 4.69) is 54.7 Å². The number of nitrogens with one attached hydrogen (secondary N) is 2. The van der Waals surface area contributed by atoms with E-state index in [0.29, 0.717) is 5.84 Å². The van der Waals surface area contributed by atoms with Crippen LogP contribution in [0.2, 0.25) is 0 Å². The second-order valence-electron chi connectivity index (χ2n) is 5.25. The average molecular weight is 258 g/mol. The fourth-order valence-electron chi connectivity index (χ4n) is 2.91. The van der Waals surface area contributed by atoms with Crippen molar-refractivity contribution in [2.75, 3.05) is 5.32 Å². The molecule has 2 heteroatoms. The van der Waals surface area contributed by atoms with Crippen molar-refractivity contribution in [2.24, 2.45) is 0 Å². The van der Waals surface area contributed by atoms with Crippen LogP contribution in [-0.2, 0) is 0 Å². The molecule has 0 atom stereocenters. The minimum atomic E-state index is 0.492. The maximum Gasteiger partial charge on any atom is 0.130 e. The minimum absolute atomic E-state index is 0.492. The Morgan fingerprint density at radius 1 is 0.850 bits per heavy atom. The highest BCUT2D eigenvalue weighted by atomic mass is 15.0. The van der Waals surface area contributed by atoms with Gasteiger partial charge >= 0.3 is 0 Å². The summed E-state index contributed by atoms with van der Waals surface area (Å²) in [5.74, 6) is 0.492. The van der Waals surface area contributed by atoms with Crippen molar-refractivity contribution in [3.05, 3.63) is 65.7 Å². The van der Waals surface area contributed by atoms with Crippen LogP contribution in [0.15, 0.2) is 54.6 Å². The summed E-state index contributed by atoms with van der Waals surface area (Å²) in [4.78, 5) is 0. The Kier molecular flexibility index (Phi) is 2.21. The zero-order valence-electron chi connectivity index (χ0n) is 11.2. The molecule has 1 aliphatic rings. The van der Waals surface area contributed by atoms with E-state index < -0.39 is 0 Å². The monoisotopic (exact) mass is 258 g/mol. The molecule has 3 aromatic carbocycles. The fraction of sp³-hybridized carbons (Fsp3) is 0.0556. The van der Waals surface area contributed by atoms with Gasteiger partial charge in [0.1, 0.15) is 5.84 Å². The third-order valence-corrected chi connectivity index (χ3v) is 3.93. The van der Waals surface area contributed by atoms with Crippen LogP contribution in [0.5, 0.6) is 0 Å². The van der Waals surface area contributed by atoms with E-state index in [4.69, 9.17) is 5.41 Å². The molecular formula is C18H14N2. The molecule has 0 unspecified atom stereocenters. The summed E-state index contributed by atoms with van der Waals surface area (Å²) >= 11 is 0. The Morgan fingerprint density at radius 2 is 1.65 bits per heavy atom. The number of benzene rings is 3. The standard InChI is InChI=1S/C18H14N2/c1-11-5-7-12(8-6-11)13-9-10-16-17-14(13)3-2-4-15(17)18(19)20-16/h2-10H,1H3,(H2,19,20). The van der Waals surface area contributed by atoms with Crippen molar-refractivity contribution in [1.82, 2.24) is 0 Å². The third-order valence-electron chi connectivity index (χ3n) is 3.93. The summed E-state index contributed by atoms with van der Waals surface area (Å²) in [6.45, 7) is 2.10. The fourth-order valence-corrected chi connectivity index (χ4v) is 2.91. The second-order valence-corrected chi connectivity index (χ2v) is 5.25. The molecule has 3 aromatic rings. The van der Waals surface area contributed by atoms with Crippen LogP contribution in [0.3, 0.4) is 0 Å². The Hall–Kier alpha value is -2.61. The first-order chi connectivity index (χ1) is 9.74. The van der Waals surface area contributed by atoms with E-state index in [1.807, 2.05) is 12.1 Å². The molecule has 0 aliphatic carbocycles. The predicted octanol–water partition coefficient (Wildman–Crippen LogP) is 4.57. The van der Waals surface area contributed by atoms with Gasteiger partial charge < -0.3 is 5.32 Å². The average Bonchev–Trinajstić information content (AvgIpc) is 2.79. The lowest BCUT2D eigenvalue weighted by atomic mass is 9.95. The maximum atomic E-state index is 8.01. The second kappa shape index (κ2) is 3.94. The van der Waals surface area contributed by atoms with Crippen molar-refractivity contribution in [1.29, 1.82) is 5.41 Å². The lowest BCUT2D eigenvalue weighted by Crippen LogP contribution is -2.03. The van der Waals surface area contributed by atoms with Gasteiger partial charge in [0.05, 0.1) is 0 Å². The molecule has 0 spiro atoms. The molecule has 2 nitrogen and oxygen atoms in total. The largest absolute Gasteiger partial charge is 0.340 e. The van der Waals surface area contributed by atoms with E-state index in [9.17, 15) is 0 Å². The number of aryl methyl sites for hydroxylation is 1. The van der Waals surface area contributed by atoms with Crippen molar-refractivity contribution in [3.8, 4) is 11.1 Å². The zero-order chi connectivity index (χ0) is 13.7. The van der Waals surface area contributed by atoms with Crippen LogP contribution in [0.1, 0.15) is 11.1 Å². The first kappa shape index (κ1) is 11.2. The molecule has 0 fully saturated rings. The molecule has 2 N–H and O–H groups in total. The van der Waals surface area contributed by atoms with Gasteiger partial charge in [-0.05, 0) is 29.5 Å². The highest BCUT2D eigenvalue weighted by Crippen LogP contribution is 2.38. The molecule has 0 radical (unpaired) electrons. The van der Waals surface area contributed by atoms with Crippen molar-refractivity contribution in [2.45, 2.75) is 6.92 Å². The molecule has 1 aliphatic heterocycles. The zero-order valence-corrected chi connectivity index (χ0v) is 11.2. The lowest BCUT2D eigenvalue weighted by Gasteiger charge is -2.08. The lowest BCUT2D eigenvalue weighted by molar-refractivity contribution is 1.47. The van der Waals surface area contributed by atoms with Gasteiger partial charge in [-0.25, -0.2) is 0 Å². The van der Waals surface area contributed by atoms with Crippen LogP contribution >= 0.6 is 0 Å².